The second-order valence-electron chi connectivity index (χ2n) is 10.5. The zero-order valence-corrected chi connectivity index (χ0v) is 24.6. The smallest absolute Gasteiger partial charge is 0.248 e. The first-order valence-corrected chi connectivity index (χ1v) is 13.7. The van der Waals surface area contributed by atoms with Crippen LogP contribution < -0.4 is 16.2 Å². The van der Waals surface area contributed by atoms with E-state index in [-0.39, 0.29) is 24.7 Å². The van der Waals surface area contributed by atoms with Crippen LogP contribution in [0.1, 0.15) is 68.7 Å². The number of carbonyl (C=O) groups is 3. The van der Waals surface area contributed by atoms with Gasteiger partial charge in [-0.15, -0.1) is 0 Å². The molecular weight excluding hydrogens is 530 g/mol. The number of aromatic amines is 1. The minimum absolute atomic E-state index is 0.139. The Morgan fingerprint density at radius 2 is 1.69 bits per heavy atom. The predicted octanol–water partition coefficient (Wildman–Crippen LogP) is 4.66. The molecule has 4 rings (SSSR count). The average Bonchev–Trinajstić information content (AvgIpc) is 3.47. The van der Waals surface area contributed by atoms with Crippen LogP contribution in [0.4, 0.5) is 0 Å². The van der Waals surface area contributed by atoms with Crippen molar-refractivity contribution in [2.45, 2.75) is 52.7 Å². The number of amides is 2. The SMILES string of the molecule is COc1ccc(CN(C(=O)C(N)Cc2c(C)cc(C(N)=O)cc2C)C(C)c2ncc(-c3ccccc3)[nH]2)cc1C(C)=O. The molecular formula is C33H37N5O4. The lowest BCUT2D eigenvalue weighted by atomic mass is 9.93. The van der Waals surface area contributed by atoms with E-state index in [1.165, 1.54) is 14.0 Å². The fraction of sp³-hybridized carbons (Fsp3) is 0.273. The predicted molar refractivity (Wildman–Crippen MR) is 162 cm³/mol. The van der Waals surface area contributed by atoms with Gasteiger partial charge in [0.15, 0.2) is 5.78 Å². The van der Waals surface area contributed by atoms with Gasteiger partial charge < -0.3 is 26.1 Å². The number of ether oxygens (including phenoxy) is 1. The largest absolute Gasteiger partial charge is 0.496 e. The van der Waals surface area contributed by atoms with E-state index >= 15 is 0 Å². The number of Topliss-reactive ketones (excluding diaryl/α,β-unsaturated/α-hetero) is 1. The van der Waals surface area contributed by atoms with Gasteiger partial charge in [-0.25, -0.2) is 4.98 Å². The molecule has 2 unspecified atom stereocenters. The molecule has 42 heavy (non-hydrogen) atoms. The average molecular weight is 568 g/mol. The molecule has 0 saturated heterocycles. The van der Waals surface area contributed by atoms with E-state index in [1.54, 1.807) is 35.4 Å². The lowest BCUT2D eigenvalue weighted by molar-refractivity contribution is -0.135. The Labute approximate surface area is 245 Å². The summed E-state index contributed by atoms with van der Waals surface area (Å²) in [6.07, 6.45) is 2.02. The number of ketones is 1. The lowest BCUT2D eigenvalue weighted by Gasteiger charge is -2.31. The summed E-state index contributed by atoms with van der Waals surface area (Å²) in [6.45, 7) is 7.32. The summed E-state index contributed by atoms with van der Waals surface area (Å²) in [5, 5.41) is 0. The van der Waals surface area contributed by atoms with E-state index in [9.17, 15) is 14.4 Å². The second kappa shape index (κ2) is 12.8. The Hall–Kier alpha value is -4.76. The summed E-state index contributed by atoms with van der Waals surface area (Å²) in [5.74, 6) is 0.148. The highest BCUT2D eigenvalue weighted by molar-refractivity contribution is 5.97. The van der Waals surface area contributed by atoms with Crippen LogP contribution in [0, 0.1) is 13.8 Å². The van der Waals surface area contributed by atoms with Crippen molar-refractivity contribution in [3.63, 3.8) is 0 Å². The molecule has 0 aliphatic carbocycles. The van der Waals surface area contributed by atoms with Gasteiger partial charge in [0.2, 0.25) is 11.8 Å². The first-order valence-electron chi connectivity index (χ1n) is 13.7. The molecule has 0 spiro atoms. The van der Waals surface area contributed by atoms with E-state index in [4.69, 9.17) is 16.2 Å². The van der Waals surface area contributed by atoms with E-state index in [1.807, 2.05) is 57.2 Å². The van der Waals surface area contributed by atoms with Crippen LogP contribution in [0.5, 0.6) is 5.75 Å². The van der Waals surface area contributed by atoms with Crippen molar-refractivity contribution in [1.82, 2.24) is 14.9 Å². The number of nitrogens with zero attached hydrogens (tertiary/aromatic N) is 2. The Morgan fingerprint density at radius 1 is 1.02 bits per heavy atom. The number of benzene rings is 3. The lowest BCUT2D eigenvalue weighted by Crippen LogP contribution is -2.46. The molecule has 0 aliphatic heterocycles. The molecule has 0 aliphatic rings. The van der Waals surface area contributed by atoms with Gasteiger partial charge >= 0.3 is 0 Å². The van der Waals surface area contributed by atoms with Crippen LogP contribution in [0.15, 0.2) is 66.9 Å². The molecule has 1 heterocycles. The molecule has 4 aromatic rings. The normalized spacial score (nSPS) is 12.4. The van der Waals surface area contributed by atoms with Crippen LogP contribution in [0.3, 0.4) is 0 Å². The zero-order valence-electron chi connectivity index (χ0n) is 24.6. The second-order valence-corrected chi connectivity index (χ2v) is 10.5. The van der Waals surface area contributed by atoms with Crippen LogP contribution in [0.25, 0.3) is 11.3 Å². The van der Waals surface area contributed by atoms with Gasteiger partial charge in [0.25, 0.3) is 0 Å². The number of aryl methyl sites for hydroxylation is 2. The van der Waals surface area contributed by atoms with E-state index in [0.717, 1.165) is 33.5 Å². The first kappa shape index (κ1) is 30.2. The quantitative estimate of drug-likeness (QED) is 0.225. The maximum atomic E-state index is 14.1. The van der Waals surface area contributed by atoms with Gasteiger partial charge in [0, 0.05) is 12.1 Å². The van der Waals surface area contributed by atoms with Gasteiger partial charge in [-0.05, 0) is 86.2 Å². The number of imidazole rings is 1. The minimum atomic E-state index is -0.877. The summed E-state index contributed by atoms with van der Waals surface area (Å²) < 4.78 is 5.36. The Kier molecular flexibility index (Phi) is 9.22. The van der Waals surface area contributed by atoms with E-state index in [0.29, 0.717) is 22.7 Å². The highest BCUT2D eigenvalue weighted by Crippen LogP contribution is 2.28. The van der Waals surface area contributed by atoms with Crippen molar-refractivity contribution in [3.05, 3.63) is 106 Å². The van der Waals surface area contributed by atoms with E-state index < -0.39 is 18.0 Å². The first-order chi connectivity index (χ1) is 20.0. The van der Waals surface area contributed by atoms with Crippen LogP contribution in [0.2, 0.25) is 0 Å². The van der Waals surface area contributed by atoms with Gasteiger partial charge in [0.1, 0.15) is 11.6 Å². The van der Waals surface area contributed by atoms with Gasteiger partial charge in [-0.2, -0.15) is 0 Å². The topological polar surface area (TPSA) is 144 Å². The Balaban J connectivity index is 1.68. The van der Waals surface area contributed by atoms with Crippen molar-refractivity contribution < 1.29 is 19.1 Å². The number of nitrogens with one attached hydrogen (secondary N) is 1. The molecule has 0 radical (unpaired) electrons. The molecule has 9 heteroatoms. The molecule has 0 saturated carbocycles. The van der Waals surface area contributed by atoms with Gasteiger partial charge in [-0.3, -0.25) is 14.4 Å². The summed E-state index contributed by atoms with van der Waals surface area (Å²) in [4.78, 5) is 47.7. The van der Waals surface area contributed by atoms with Crippen molar-refractivity contribution in [1.29, 1.82) is 0 Å². The fourth-order valence-corrected chi connectivity index (χ4v) is 5.17. The zero-order chi connectivity index (χ0) is 30.6. The number of aromatic nitrogens is 2. The van der Waals surface area contributed by atoms with Crippen LogP contribution in [-0.4, -0.2) is 45.6 Å². The van der Waals surface area contributed by atoms with Gasteiger partial charge in [0.05, 0.1) is 36.6 Å². The number of rotatable bonds is 11. The molecule has 2 amide bonds. The van der Waals surface area contributed by atoms with Crippen molar-refractivity contribution in [2.24, 2.45) is 11.5 Å². The summed E-state index contributed by atoms with van der Waals surface area (Å²) >= 11 is 0. The Bertz CT molecular complexity index is 1590. The summed E-state index contributed by atoms with van der Waals surface area (Å²) in [6, 6.07) is 17.2. The van der Waals surface area contributed by atoms with Crippen molar-refractivity contribution in [2.75, 3.05) is 7.11 Å². The van der Waals surface area contributed by atoms with Crippen LogP contribution >= 0.6 is 0 Å². The molecule has 0 bridgehead atoms. The number of nitrogens with two attached hydrogens (primary N) is 2. The Morgan fingerprint density at radius 3 is 2.29 bits per heavy atom. The maximum absolute atomic E-state index is 14.1. The minimum Gasteiger partial charge on any atom is -0.496 e. The molecule has 9 nitrogen and oxygen atoms in total. The standard InChI is InChI=1S/C33H37N5O4/c1-19-13-25(31(35)40)14-20(2)26(19)16-28(34)33(41)38(18-23-11-12-30(42-5)27(15-23)22(4)39)21(3)32-36-17-29(37-32)24-9-7-6-8-10-24/h6-15,17,21,28H,16,18,34H2,1-5H3,(H2,35,40)(H,36,37). The number of carbonyl (C=O) groups excluding carboxylic acids is 3. The fourth-order valence-electron chi connectivity index (χ4n) is 5.17. The van der Waals surface area contributed by atoms with Crippen molar-refractivity contribution in [3.8, 4) is 17.0 Å². The highest BCUT2D eigenvalue weighted by atomic mass is 16.5. The van der Waals surface area contributed by atoms with Gasteiger partial charge in [-0.1, -0.05) is 36.4 Å². The van der Waals surface area contributed by atoms with Crippen molar-refractivity contribution >= 4 is 17.6 Å². The third-order valence-corrected chi connectivity index (χ3v) is 7.54. The third-order valence-electron chi connectivity index (χ3n) is 7.54. The number of hydrogen-bond donors (Lipinski definition) is 3. The number of H-pyrrole nitrogens is 1. The molecule has 218 valence electrons. The monoisotopic (exact) mass is 567 g/mol. The molecule has 3 aromatic carbocycles. The summed E-state index contributed by atoms with van der Waals surface area (Å²) in [5.41, 5.74) is 18.0. The summed E-state index contributed by atoms with van der Waals surface area (Å²) in [7, 11) is 1.51. The number of hydrogen-bond acceptors (Lipinski definition) is 6. The maximum Gasteiger partial charge on any atom is 0.248 e. The molecule has 0 fully saturated rings. The molecule has 5 N–H and O–H groups in total. The molecule has 1 aromatic heterocycles. The van der Waals surface area contributed by atoms with E-state index in [2.05, 4.69) is 9.97 Å². The highest BCUT2D eigenvalue weighted by Gasteiger charge is 2.29. The third kappa shape index (κ3) is 6.58. The number of primary amides is 1. The number of methoxy groups -OCH3 is 1. The molecule has 2 atom stereocenters. The van der Waals surface area contributed by atoms with Crippen LogP contribution in [-0.2, 0) is 17.8 Å².